The molecule has 1 amide bonds. The molecule has 3 aliphatic carbocycles. The number of hydrogen-bond acceptors (Lipinski definition) is 4. The maximum absolute atomic E-state index is 12.9. The van der Waals surface area contributed by atoms with Crippen molar-refractivity contribution < 1.29 is 4.79 Å². The minimum absolute atomic E-state index is 0.00142. The monoisotopic (exact) mass is 438 g/mol. The molecule has 2 atom stereocenters. The zero-order valence-corrected chi connectivity index (χ0v) is 20.8. The van der Waals surface area contributed by atoms with Crippen LogP contribution < -0.4 is 10.2 Å². The van der Waals surface area contributed by atoms with E-state index in [4.69, 9.17) is 9.97 Å². The Labute approximate surface area is 194 Å². The number of nitrogens with zero attached hydrogens (tertiary/aromatic N) is 3. The smallest absolute Gasteiger partial charge is 0.223 e. The zero-order valence-electron chi connectivity index (χ0n) is 20.8. The minimum atomic E-state index is 0.00142. The van der Waals surface area contributed by atoms with Crippen molar-refractivity contribution in [3.8, 4) is 0 Å². The molecule has 2 heterocycles. The number of carbonyl (C=O) groups excluding carboxylic acids is 1. The molecule has 1 aromatic rings. The summed E-state index contributed by atoms with van der Waals surface area (Å²) in [6, 6.07) is 2.21. The molecule has 1 aliphatic heterocycles. The van der Waals surface area contributed by atoms with Gasteiger partial charge in [0.1, 0.15) is 11.6 Å². The van der Waals surface area contributed by atoms with Crippen LogP contribution in [0.25, 0.3) is 0 Å². The molecule has 32 heavy (non-hydrogen) atoms. The third-order valence-electron chi connectivity index (χ3n) is 9.25. The Bertz CT molecular complexity index is 878. The van der Waals surface area contributed by atoms with Crippen LogP contribution in [0.15, 0.2) is 6.07 Å². The largest absolute Gasteiger partial charge is 0.356 e. The third kappa shape index (κ3) is 3.84. The normalized spacial score (nSPS) is 27.9. The van der Waals surface area contributed by atoms with Crippen LogP contribution in [0.1, 0.15) is 103 Å². The maximum Gasteiger partial charge on any atom is 0.223 e. The molecular formula is C27H42N4O. The fourth-order valence-corrected chi connectivity index (χ4v) is 6.40. The van der Waals surface area contributed by atoms with Crippen molar-refractivity contribution in [2.24, 2.45) is 22.7 Å². The van der Waals surface area contributed by atoms with Crippen LogP contribution in [0.4, 0.5) is 5.82 Å². The second kappa shape index (κ2) is 7.70. The first-order valence-corrected chi connectivity index (χ1v) is 13.0. The molecule has 5 rings (SSSR count). The fourth-order valence-electron chi connectivity index (χ4n) is 6.40. The van der Waals surface area contributed by atoms with Gasteiger partial charge in [0.15, 0.2) is 0 Å². The van der Waals surface area contributed by atoms with E-state index in [2.05, 4.69) is 50.9 Å². The van der Waals surface area contributed by atoms with Crippen molar-refractivity contribution in [1.29, 1.82) is 0 Å². The topological polar surface area (TPSA) is 58.1 Å². The summed E-state index contributed by atoms with van der Waals surface area (Å²) in [6.45, 7) is 13.9. The van der Waals surface area contributed by atoms with Crippen LogP contribution in [0.2, 0.25) is 0 Å². The molecule has 2 spiro atoms. The molecule has 5 heteroatoms. The van der Waals surface area contributed by atoms with E-state index in [1.54, 1.807) is 0 Å². The lowest BCUT2D eigenvalue weighted by Gasteiger charge is -2.54. The molecule has 2 unspecified atom stereocenters. The first-order valence-electron chi connectivity index (χ1n) is 13.0. The molecular weight excluding hydrogens is 396 g/mol. The van der Waals surface area contributed by atoms with Gasteiger partial charge in [-0.15, -0.1) is 0 Å². The van der Waals surface area contributed by atoms with Gasteiger partial charge in [0, 0.05) is 43.0 Å². The summed E-state index contributed by atoms with van der Waals surface area (Å²) in [5.41, 5.74) is 1.97. The highest BCUT2D eigenvalue weighted by Crippen LogP contribution is 2.65. The molecule has 4 aliphatic rings. The predicted octanol–water partition coefficient (Wildman–Crippen LogP) is 5.20. The molecule has 0 aromatic carbocycles. The highest BCUT2D eigenvalue weighted by Gasteiger charge is 2.61. The Hall–Kier alpha value is -1.65. The van der Waals surface area contributed by atoms with E-state index in [9.17, 15) is 4.79 Å². The van der Waals surface area contributed by atoms with Gasteiger partial charge >= 0.3 is 0 Å². The van der Waals surface area contributed by atoms with Crippen molar-refractivity contribution >= 4 is 11.7 Å². The number of rotatable bonds is 5. The summed E-state index contributed by atoms with van der Waals surface area (Å²) < 4.78 is 0. The van der Waals surface area contributed by atoms with Gasteiger partial charge < -0.3 is 10.2 Å². The van der Waals surface area contributed by atoms with Crippen molar-refractivity contribution in [1.82, 2.24) is 15.3 Å². The number of nitrogens with one attached hydrogen (secondary N) is 1. The van der Waals surface area contributed by atoms with Gasteiger partial charge in [-0.1, -0.05) is 47.5 Å². The molecule has 4 fully saturated rings. The lowest BCUT2D eigenvalue weighted by Crippen LogP contribution is -2.54. The van der Waals surface area contributed by atoms with Crippen LogP contribution in [-0.4, -0.2) is 35.5 Å². The summed E-state index contributed by atoms with van der Waals surface area (Å²) >= 11 is 0. The Balaban J connectivity index is 1.32. The second-order valence-electron chi connectivity index (χ2n) is 12.7. The Kier molecular flexibility index (Phi) is 5.33. The Morgan fingerprint density at radius 3 is 2.34 bits per heavy atom. The van der Waals surface area contributed by atoms with E-state index in [1.807, 2.05) is 0 Å². The van der Waals surface area contributed by atoms with E-state index in [0.29, 0.717) is 34.5 Å². The first kappa shape index (κ1) is 22.2. The first-order chi connectivity index (χ1) is 15.1. The number of carbonyl (C=O) groups is 1. The highest BCUT2D eigenvalue weighted by molar-refractivity contribution is 5.82. The molecule has 0 bridgehead atoms. The van der Waals surface area contributed by atoms with E-state index < -0.39 is 0 Å². The van der Waals surface area contributed by atoms with Gasteiger partial charge in [0.2, 0.25) is 5.91 Å². The summed E-state index contributed by atoms with van der Waals surface area (Å²) in [6.07, 6.45) is 10.2. The second-order valence-corrected chi connectivity index (χ2v) is 12.7. The van der Waals surface area contributed by atoms with Crippen molar-refractivity contribution in [3.63, 3.8) is 0 Å². The Morgan fingerprint density at radius 1 is 1.12 bits per heavy atom. The quantitative estimate of drug-likeness (QED) is 0.686. The number of hydrogen-bond donors (Lipinski definition) is 1. The average molecular weight is 439 g/mol. The Morgan fingerprint density at radius 2 is 1.81 bits per heavy atom. The summed E-state index contributed by atoms with van der Waals surface area (Å²) in [4.78, 5) is 25.2. The van der Waals surface area contributed by atoms with Gasteiger partial charge in [-0.3, -0.25) is 4.79 Å². The lowest BCUT2D eigenvalue weighted by molar-refractivity contribution is -0.124. The SMILES string of the molecule is CC(C)c1nc(N2CCC3(CCC3)C(CNC(=O)C3CC34CCC4)C2)cc(C(C)(C)C)n1. The van der Waals surface area contributed by atoms with Crippen molar-refractivity contribution in [2.45, 2.75) is 97.3 Å². The average Bonchev–Trinajstić information content (AvgIpc) is 3.46. The summed E-state index contributed by atoms with van der Waals surface area (Å²) in [5, 5.41) is 3.40. The van der Waals surface area contributed by atoms with Gasteiger partial charge in [0.05, 0.1) is 5.69 Å². The van der Waals surface area contributed by atoms with Crippen LogP contribution in [-0.2, 0) is 10.2 Å². The number of aromatic nitrogens is 2. The van der Waals surface area contributed by atoms with Gasteiger partial charge in [-0.05, 0) is 55.3 Å². The molecule has 176 valence electrons. The highest BCUT2D eigenvalue weighted by atomic mass is 16.2. The van der Waals surface area contributed by atoms with E-state index in [1.165, 1.54) is 44.9 Å². The molecule has 0 radical (unpaired) electrons. The van der Waals surface area contributed by atoms with Crippen molar-refractivity contribution in [2.75, 3.05) is 24.5 Å². The fraction of sp³-hybridized carbons (Fsp3) is 0.815. The minimum Gasteiger partial charge on any atom is -0.356 e. The van der Waals surface area contributed by atoms with Crippen LogP contribution in [0.5, 0.6) is 0 Å². The zero-order chi connectivity index (χ0) is 22.7. The van der Waals surface area contributed by atoms with Crippen LogP contribution in [0, 0.1) is 22.7 Å². The molecule has 3 saturated carbocycles. The summed E-state index contributed by atoms with van der Waals surface area (Å²) in [5.74, 6) is 3.48. The van der Waals surface area contributed by atoms with E-state index >= 15 is 0 Å². The maximum atomic E-state index is 12.9. The molecule has 1 N–H and O–H groups in total. The lowest BCUT2D eigenvalue weighted by atomic mass is 9.57. The third-order valence-corrected chi connectivity index (χ3v) is 9.25. The number of piperidine rings is 1. The standard InChI is InChI=1S/C27H42N4O/c1-18(2)23-29-21(25(3,4)5)14-22(30-23)31-13-12-26(8-6-9-26)19(17-31)16-28-24(32)20-15-27(20)10-7-11-27/h14,18-20H,6-13,15-17H2,1-5H3,(H,28,32). The van der Waals surface area contributed by atoms with Crippen molar-refractivity contribution in [3.05, 3.63) is 17.6 Å². The molecule has 1 aromatic heterocycles. The summed E-state index contributed by atoms with van der Waals surface area (Å²) in [7, 11) is 0. The predicted molar refractivity (Wildman–Crippen MR) is 129 cm³/mol. The molecule has 5 nitrogen and oxygen atoms in total. The number of amides is 1. The van der Waals surface area contributed by atoms with Crippen LogP contribution >= 0.6 is 0 Å². The van der Waals surface area contributed by atoms with Gasteiger partial charge in [-0.25, -0.2) is 9.97 Å². The number of anilines is 1. The van der Waals surface area contributed by atoms with Crippen LogP contribution in [0.3, 0.4) is 0 Å². The van der Waals surface area contributed by atoms with Gasteiger partial charge in [-0.2, -0.15) is 0 Å². The molecule has 1 saturated heterocycles. The van der Waals surface area contributed by atoms with E-state index in [-0.39, 0.29) is 5.41 Å². The van der Waals surface area contributed by atoms with E-state index in [0.717, 1.165) is 43.4 Å². The van der Waals surface area contributed by atoms with Gasteiger partial charge in [0.25, 0.3) is 0 Å².